The standard InChI is InChI=1S/C10H12ClNO2/c1-8(13)10(12-14-11)7-9-5-3-2-4-6-9/h2-6,10,12H,7H2,1H3. The Kier molecular flexibility index (Phi) is 4.59. The molecule has 1 atom stereocenters. The highest BCUT2D eigenvalue weighted by atomic mass is 35.5. The van der Waals surface area contributed by atoms with Gasteiger partial charge >= 0.3 is 0 Å². The maximum Gasteiger partial charge on any atom is 0.149 e. The lowest BCUT2D eigenvalue weighted by atomic mass is 10.0. The van der Waals surface area contributed by atoms with E-state index in [9.17, 15) is 4.79 Å². The van der Waals surface area contributed by atoms with E-state index in [1.54, 1.807) is 0 Å². The van der Waals surface area contributed by atoms with Gasteiger partial charge in [0.1, 0.15) is 5.78 Å². The summed E-state index contributed by atoms with van der Waals surface area (Å²) in [6.45, 7) is 1.50. The van der Waals surface area contributed by atoms with Crippen LogP contribution in [0, 0.1) is 0 Å². The number of ketones is 1. The number of carbonyl (C=O) groups is 1. The van der Waals surface area contributed by atoms with E-state index in [4.69, 9.17) is 11.9 Å². The van der Waals surface area contributed by atoms with E-state index in [1.165, 1.54) is 6.92 Å². The Morgan fingerprint density at radius 2 is 2.14 bits per heavy atom. The van der Waals surface area contributed by atoms with Crippen LogP contribution in [-0.4, -0.2) is 11.8 Å². The van der Waals surface area contributed by atoms with Gasteiger partial charge < -0.3 is 0 Å². The topological polar surface area (TPSA) is 38.3 Å². The Bertz CT molecular complexity index is 289. The number of nitrogens with one attached hydrogen (secondary N) is 1. The van der Waals surface area contributed by atoms with Gasteiger partial charge in [0.25, 0.3) is 0 Å². The van der Waals surface area contributed by atoms with Crippen LogP contribution in [0.5, 0.6) is 0 Å². The van der Waals surface area contributed by atoms with Crippen molar-refractivity contribution in [2.45, 2.75) is 19.4 Å². The molecular weight excluding hydrogens is 202 g/mol. The number of Topliss-reactive ketones (excluding diaryl/α,β-unsaturated/α-hetero) is 1. The highest BCUT2D eigenvalue weighted by Crippen LogP contribution is 2.04. The van der Waals surface area contributed by atoms with E-state index in [0.29, 0.717) is 6.42 Å². The minimum atomic E-state index is -0.394. The van der Waals surface area contributed by atoms with Crippen molar-refractivity contribution in [2.75, 3.05) is 0 Å². The first-order chi connectivity index (χ1) is 6.74. The Morgan fingerprint density at radius 3 is 2.64 bits per heavy atom. The molecule has 1 unspecified atom stereocenters. The lowest BCUT2D eigenvalue weighted by Crippen LogP contribution is -2.35. The molecule has 0 heterocycles. The maximum absolute atomic E-state index is 11.1. The van der Waals surface area contributed by atoms with Crippen molar-refractivity contribution in [1.29, 1.82) is 0 Å². The molecule has 0 bridgehead atoms. The normalized spacial score (nSPS) is 12.4. The molecule has 0 aliphatic carbocycles. The van der Waals surface area contributed by atoms with Gasteiger partial charge in [0.05, 0.1) is 17.9 Å². The quantitative estimate of drug-likeness (QED) is 0.759. The van der Waals surface area contributed by atoms with Crippen LogP contribution in [0.25, 0.3) is 0 Å². The molecule has 3 nitrogen and oxygen atoms in total. The second-order valence-corrected chi connectivity index (χ2v) is 3.20. The number of hydrogen-bond acceptors (Lipinski definition) is 3. The monoisotopic (exact) mass is 213 g/mol. The number of hydrogen-bond donors (Lipinski definition) is 1. The minimum absolute atomic E-state index is 0.00509. The van der Waals surface area contributed by atoms with Crippen LogP contribution in [0.3, 0.4) is 0 Å². The summed E-state index contributed by atoms with van der Waals surface area (Å²) in [5, 5.41) is 0. The molecule has 0 fully saturated rings. The molecule has 0 aliphatic heterocycles. The molecule has 1 aromatic rings. The van der Waals surface area contributed by atoms with E-state index >= 15 is 0 Å². The van der Waals surface area contributed by atoms with E-state index in [0.717, 1.165) is 5.56 Å². The van der Waals surface area contributed by atoms with Crippen LogP contribution in [0.2, 0.25) is 0 Å². The molecule has 0 saturated carbocycles. The van der Waals surface area contributed by atoms with Gasteiger partial charge in [-0.3, -0.25) is 4.79 Å². The first kappa shape index (κ1) is 11.2. The summed E-state index contributed by atoms with van der Waals surface area (Å²) in [5.74, 6) is -0.00509. The Balaban J connectivity index is 2.60. The average molecular weight is 214 g/mol. The highest BCUT2D eigenvalue weighted by molar-refractivity contribution is 6.07. The van der Waals surface area contributed by atoms with Gasteiger partial charge in [0, 0.05) is 0 Å². The average Bonchev–Trinajstić information content (AvgIpc) is 2.18. The molecule has 0 radical (unpaired) electrons. The zero-order valence-corrected chi connectivity index (χ0v) is 8.62. The molecule has 1 N–H and O–H groups in total. The summed E-state index contributed by atoms with van der Waals surface area (Å²) in [7, 11) is 0. The number of carbonyl (C=O) groups excluding carboxylic acids is 1. The fourth-order valence-electron chi connectivity index (χ4n) is 1.17. The van der Waals surface area contributed by atoms with Gasteiger partial charge in [-0.25, -0.2) is 0 Å². The molecule has 14 heavy (non-hydrogen) atoms. The van der Waals surface area contributed by atoms with Crippen LogP contribution in [0.4, 0.5) is 0 Å². The number of benzene rings is 1. The molecule has 76 valence electrons. The Hall–Kier alpha value is -0.900. The molecule has 0 saturated heterocycles. The molecule has 4 heteroatoms. The summed E-state index contributed by atoms with van der Waals surface area (Å²) < 4.78 is 4.24. The zero-order valence-electron chi connectivity index (χ0n) is 7.87. The largest absolute Gasteiger partial charge is 0.298 e. The second-order valence-electron chi connectivity index (χ2n) is 3.05. The van der Waals surface area contributed by atoms with Gasteiger partial charge in [0.15, 0.2) is 0 Å². The van der Waals surface area contributed by atoms with E-state index < -0.39 is 6.04 Å². The van der Waals surface area contributed by atoms with Crippen molar-refractivity contribution in [3.63, 3.8) is 0 Å². The zero-order chi connectivity index (χ0) is 10.4. The van der Waals surface area contributed by atoms with Gasteiger partial charge in [0.2, 0.25) is 0 Å². The number of hydroxylamine groups is 1. The Labute approximate surface area is 88.1 Å². The molecule has 0 amide bonds. The fourth-order valence-corrected chi connectivity index (χ4v) is 1.28. The molecule has 0 spiro atoms. The van der Waals surface area contributed by atoms with Crippen LogP contribution in [0.1, 0.15) is 12.5 Å². The fraction of sp³-hybridized carbons (Fsp3) is 0.300. The van der Waals surface area contributed by atoms with Crippen LogP contribution < -0.4 is 5.48 Å². The van der Waals surface area contributed by atoms with Crippen molar-refractivity contribution >= 4 is 17.6 Å². The summed E-state index contributed by atoms with van der Waals surface area (Å²) in [6, 6.07) is 9.28. The third kappa shape index (κ3) is 3.46. The van der Waals surface area contributed by atoms with Crippen molar-refractivity contribution in [3.8, 4) is 0 Å². The first-order valence-electron chi connectivity index (χ1n) is 4.31. The summed E-state index contributed by atoms with van der Waals surface area (Å²) >= 11 is 5.04. The third-order valence-corrected chi connectivity index (χ3v) is 2.05. The van der Waals surface area contributed by atoms with Gasteiger partial charge in [-0.2, -0.15) is 9.87 Å². The maximum atomic E-state index is 11.1. The van der Waals surface area contributed by atoms with Crippen LogP contribution >= 0.6 is 11.9 Å². The van der Waals surface area contributed by atoms with E-state index in [-0.39, 0.29) is 5.78 Å². The summed E-state index contributed by atoms with van der Waals surface area (Å²) in [5.41, 5.74) is 3.51. The van der Waals surface area contributed by atoms with Crippen molar-refractivity contribution in [3.05, 3.63) is 35.9 Å². The summed E-state index contributed by atoms with van der Waals surface area (Å²) in [4.78, 5) is 11.1. The molecule has 1 rings (SSSR count). The van der Waals surface area contributed by atoms with Gasteiger partial charge in [-0.1, -0.05) is 30.3 Å². The lowest BCUT2D eigenvalue weighted by Gasteiger charge is -2.12. The number of halogens is 1. The van der Waals surface area contributed by atoms with Crippen molar-refractivity contribution in [2.24, 2.45) is 0 Å². The molecule has 0 aliphatic rings. The molecular formula is C10H12ClNO2. The summed E-state index contributed by atoms with van der Waals surface area (Å²) in [6.07, 6.45) is 0.572. The van der Waals surface area contributed by atoms with Crippen molar-refractivity contribution < 1.29 is 9.18 Å². The van der Waals surface area contributed by atoms with Crippen LogP contribution in [0.15, 0.2) is 30.3 Å². The highest BCUT2D eigenvalue weighted by Gasteiger charge is 2.14. The van der Waals surface area contributed by atoms with Crippen LogP contribution in [-0.2, 0) is 15.6 Å². The Morgan fingerprint density at radius 1 is 1.50 bits per heavy atom. The van der Waals surface area contributed by atoms with Gasteiger partial charge in [-0.05, 0) is 18.9 Å². The second kappa shape index (κ2) is 5.75. The molecule has 1 aromatic carbocycles. The molecule has 0 aromatic heterocycles. The van der Waals surface area contributed by atoms with Gasteiger partial charge in [-0.15, -0.1) is 0 Å². The predicted octanol–water partition coefficient (Wildman–Crippen LogP) is 1.86. The SMILES string of the molecule is CC(=O)C(Cc1ccccc1)NOCl. The van der Waals surface area contributed by atoms with Crippen molar-refractivity contribution in [1.82, 2.24) is 5.48 Å². The lowest BCUT2D eigenvalue weighted by molar-refractivity contribution is -0.120. The minimum Gasteiger partial charge on any atom is -0.298 e. The smallest absolute Gasteiger partial charge is 0.149 e. The number of rotatable bonds is 5. The first-order valence-corrected chi connectivity index (χ1v) is 4.62. The predicted molar refractivity (Wildman–Crippen MR) is 54.7 cm³/mol. The van der Waals surface area contributed by atoms with E-state index in [2.05, 4.69) is 9.87 Å². The third-order valence-electron chi connectivity index (χ3n) is 1.96. The van der Waals surface area contributed by atoms with E-state index in [1.807, 2.05) is 30.3 Å².